The van der Waals surface area contributed by atoms with Gasteiger partial charge in [0.05, 0.1) is 46.3 Å². The third-order valence-electron chi connectivity index (χ3n) is 2.76. The number of quaternary nitrogens is 1. The van der Waals surface area contributed by atoms with Crippen LogP contribution in [0.1, 0.15) is 0 Å². The normalized spacial score (nSPS) is 11.6. The molecule has 1 aromatic heterocycles. The number of fused-ring (bicyclic) bond motifs is 1. The zero-order valence-corrected chi connectivity index (χ0v) is 11.4. The minimum Gasteiger partial charge on any atom is -0.493 e. The van der Waals surface area contributed by atoms with Gasteiger partial charge < -0.3 is 9.47 Å². The first-order valence-electron chi connectivity index (χ1n) is 5.66. The molecule has 0 atom stereocenters. The lowest BCUT2D eigenvalue weighted by Gasteiger charge is -2.23. The number of rotatable bonds is 3. The fourth-order valence-corrected chi connectivity index (χ4v) is 1.90. The predicted molar refractivity (Wildman–Crippen MR) is 72.2 cm³/mol. The Labute approximate surface area is 107 Å². The molecule has 0 N–H and O–H groups in total. The Balaban J connectivity index is 2.77. The van der Waals surface area contributed by atoms with E-state index in [9.17, 15) is 0 Å². The Hall–Kier alpha value is -1.88. The highest BCUT2D eigenvalue weighted by Gasteiger charge is 2.20. The summed E-state index contributed by atoms with van der Waals surface area (Å²) in [6, 6.07) is 3.79. The van der Waals surface area contributed by atoms with Crippen molar-refractivity contribution in [2.45, 2.75) is 0 Å². The molecular formula is C13H18N3O2+. The molecule has 2 aromatic rings. The molecule has 0 aliphatic carbocycles. The smallest absolute Gasteiger partial charge is 0.238 e. The average molecular weight is 248 g/mol. The number of benzene rings is 1. The van der Waals surface area contributed by atoms with Crippen LogP contribution in [0.25, 0.3) is 10.9 Å². The third-order valence-corrected chi connectivity index (χ3v) is 2.76. The largest absolute Gasteiger partial charge is 0.493 e. The van der Waals surface area contributed by atoms with E-state index in [0.717, 1.165) is 16.7 Å². The van der Waals surface area contributed by atoms with E-state index in [-0.39, 0.29) is 0 Å². The van der Waals surface area contributed by atoms with Gasteiger partial charge in [-0.15, -0.1) is 0 Å². The molecule has 0 aliphatic heterocycles. The van der Waals surface area contributed by atoms with Gasteiger partial charge in [-0.1, -0.05) is 0 Å². The minimum absolute atomic E-state index is 0.620. The summed E-state index contributed by atoms with van der Waals surface area (Å²) in [6.45, 7) is 0. The number of hydrogen-bond acceptors (Lipinski definition) is 4. The van der Waals surface area contributed by atoms with Crippen LogP contribution in [-0.2, 0) is 0 Å². The van der Waals surface area contributed by atoms with Crippen molar-refractivity contribution in [1.29, 1.82) is 0 Å². The second-order valence-corrected chi connectivity index (χ2v) is 4.93. The zero-order chi connectivity index (χ0) is 13.3. The molecule has 0 spiro atoms. The van der Waals surface area contributed by atoms with Crippen molar-refractivity contribution in [3.8, 4) is 11.5 Å². The molecule has 0 amide bonds. The monoisotopic (exact) mass is 248 g/mol. The average Bonchev–Trinajstić information content (AvgIpc) is 2.35. The SMILES string of the molecule is COc1cc2ncnc([N+](C)(C)C)c2cc1OC. The number of nitrogens with zero attached hydrogens (tertiary/aromatic N) is 3. The highest BCUT2D eigenvalue weighted by Crippen LogP contribution is 2.35. The van der Waals surface area contributed by atoms with Crippen LogP contribution in [0.2, 0.25) is 0 Å². The highest BCUT2D eigenvalue weighted by atomic mass is 16.5. The molecule has 0 aliphatic rings. The molecule has 0 fully saturated rings. The minimum atomic E-state index is 0.620. The number of ether oxygens (including phenoxy) is 2. The van der Waals surface area contributed by atoms with Gasteiger partial charge in [0.15, 0.2) is 11.5 Å². The Morgan fingerprint density at radius 2 is 1.56 bits per heavy atom. The molecule has 96 valence electrons. The topological polar surface area (TPSA) is 44.2 Å². The van der Waals surface area contributed by atoms with Gasteiger partial charge in [0.25, 0.3) is 0 Å². The molecule has 0 saturated heterocycles. The van der Waals surface area contributed by atoms with Crippen molar-refractivity contribution >= 4 is 16.7 Å². The number of methoxy groups -OCH3 is 2. The van der Waals surface area contributed by atoms with E-state index in [0.29, 0.717) is 16.0 Å². The van der Waals surface area contributed by atoms with E-state index in [1.54, 1.807) is 20.5 Å². The Bertz CT molecular complexity index is 576. The van der Waals surface area contributed by atoms with E-state index in [4.69, 9.17) is 9.47 Å². The summed E-state index contributed by atoms with van der Waals surface area (Å²) in [5, 5.41) is 0.975. The first-order chi connectivity index (χ1) is 8.47. The van der Waals surface area contributed by atoms with Crippen LogP contribution in [0.15, 0.2) is 18.5 Å². The summed E-state index contributed by atoms with van der Waals surface area (Å²) < 4.78 is 11.2. The van der Waals surface area contributed by atoms with Gasteiger partial charge in [0, 0.05) is 12.1 Å². The Morgan fingerprint density at radius 1 is 0.944 bits per heavy atom. The first kappa shape index (κ1) is 12.6. The summed E-state index contributed by atoms with van der Waals surface area (Å²) in [7, 11) is 9.44. The van der Waals surface area contributed by atoms with Crippen molar-refractivity contribution in [3.63, 3.8) is 0 Å². The maximum atomic E-state index is 5.32. The molecule has 5 nitrogen and oxygen atoms in total. The summed E-state index contributed by atoms with van der Waals surface area (Å²) in [5.74, 6) is 2.31. The van der Waals surface area contributed by atoms with Crippen molar-refractivity contribution in [2.75, 3.05) is 35.4 Å². The maximum absolute atomic E-state index is 5.32. The van der Waals surface area contributed by atoms with Crippen LogP contribution in [0, 0.1) is 0 Å². The molecule has 0 unspecified atom stereocenters. The molecule has 0 bridgehead atoms. The summed E-state index contributed by atoms with van der Waals surface area (Å²) in [6.07, 6.45) is 1.58. The van der Waals surface area contributed by atoms with E-state index < -0.39 is 0 Å². The van der Waals surface area contributed by atoms with Gasteiger partial charge in [-0.25, -0.2) is 4.98 Å². The van der Waals surface area contributed by atoms with E-state index in [1.165, 1.54) is 0 Å². The summed E-state index contributed by atoms with van der Waals surface area (Å²) >= 11 is 0. The van der Waals surface area contributed by atoms with Crippen molar-refractivity contribution in [2.24, 2.45) is 0 Å². The number of aromatic nitrogens is 2. The van der Waals surface area contributed by atoms with Crippen LogP contribution >= 0.6 is 0 Å². The molecule has 0 saturated carbocycles. The predicted octanol–water partition coefficient (Wildman–Crippen LogP) is 1.84. The van der Waals surface area contributed by atoms with Gasteiger partial charge in [-0.2, -0.15) is 4.98 Å². The fourth-order valence-electron chi connectivity index (χ4n) is 1.90. The maximum Gasteiger partial charge on any atom is 0.238 e. The lowest BCUT2D eigenvalue weighted by atomic mass is 10.2. The first-order valence-corrected chi connectivity index (χ1v) is 5.66. The van der Waals surface area contributed by atoms with Crippen LogP contribution in [0.3, 0.4) is 0 Å². The van der Waals surface area contributed by atoms with E-state index >= 15 is 0 Å². The third kappa shape index (κ3) is 2.09. The lowest BCUT2D eigenvalue weighted by molar-refractivity contribution is 0.355. The van der Waals surface area contributed by atoms with Crippen LogP contribution < -0.4 is 14.0 Å². The van der Waals surface area contributed by atoms with Crippen LogP contribution in [-0.4, -0.2) is 45.3 Å². The molecule has 1 aromatic carbocycles. The molecule has 18 heavy (non-hydrogen) atoms. The Morgan fingerprint density at radius 3 is 2.11 bits per heavy atom. The van der Waals surface area contributed by atoms with Gasteiger partial charge in [-0.3, -0.25) is 4.48 Å². The standard InChI is InChI=1S/C13H18N3O2/c1-16(2,3)13-9-6-11(17-4)12(18-5)7-10(9)14-8-15-13/h6-8H,1-5H3/q+1. The quantitative estimate of drug-likeness (QED) is 0.777. The molecule has 1 heterocycles. The van der Waals surface area contributed by atoms with Crippen molar-refractivity contribution < 1.29 is 9.47 Å². The van der Waals surface area contributed by atoms with Gasteiger partial charge in [0.2, 0.25) is 5.82 Å². The van der Waals surface area contributed by atoms with Crippen molar-refractivity contribution in [3.05, 3.63) is 18.5 Å². The van der Waals surface area contributed by atoms with Gasteiger partial charge in [0.1, 0.15) is 6.33 Å². The van der Waals surface area contributed by atoms with Gasteiger partial charge >= 0.3 is 0 Å². The molecule has 5 heteroatoms. The van der Waals surface area contributed by atoms with Crippen LogP contribution in [0.4, 0.5) is 5.82 Å². The highest BCUT2D eigenvalue weighted by molar-refractivity contribution is 5.90. The van der Waals surface area contributed by atoms with E-state index in [1.807, 2.05) is 12.1 Å². The molecular weight excluding hydrogens is 230 g/mol. The summed E-state index contributed by atoms with van der Waals surface area (Å²) in [4.78, 5) is 8.66. The number of hydrogen-bond donors (Lipinski definition) is 0. The van der Waals surface area contributed by atoms with Gasteiger partial charge in [-0.05, 0) is 0 Å². The lowest BCUT2D eigenvalue weighted by Crippen LogP contribution is -2.35. The zero-order valence-electron chi connectivity index (χ0n) is 11.4. The van der Waals surface area contributed by atoms with Crippen molar-refractivity contribution in [1.82, 2.24) is 14.5 Å². The molecule has 2 rings (SSSR count). The second kappa shape index (κ2) is 4.42. The fraction of sp³-hybridized carbons (Fsp3) is 0.385. The molecule has 0 radical (unpaired) electrons. The van der Waals surface area contributed by atoms with E-state index in [2.05, 4.69) is 31.1 Å². The summed E-state index contributed by atoms with van der Waals surface area (Å²) in [5.41, 5.74) is 0.853. The Kier molecular flexibility index (Phi) is 3.09. The second-order valence-electron chi connectivity index (χ2n) is 4.93. The van der Waals surface area contributed by atoms with Crippen LogP contribution in [0.5, 0.6) is 11.5 Å².